The molecule has 24 heavy (non-hydrogen) atoms. The zero-order valence-electron chi connectivity index (χ0n) is 13.5. The lowest BCUT2D eigenvalue weighted by molar-refractivity contribution is 0.0398. The van der Waals surface area contributed by atoms with Crippen molar-refractivity contribution in [3.05, 3.63) is 16.8 Å². The predicted molar refractivity (Wildman–Crippen MR) is 93.9 cm³/mol. The Morgan fingerprint density at radius 3 is 3.08 bits per heavy atom. The number of nitrogens with one attached hydrogen (secondary N) is 1. The van der Waals surface area contributed by atoms with Crippen molar-refractivity contribution in [1.29, 1.82) is 0 Å². The third-order valence-corrected chi connectivity index (χ3v) is 6.08. The van der Waals surface area contributed by atoms with E-state index in [2.05, 4.69) is 20.3 Å². The fourth-order valence-corrected chi connectivity index (χ4v) is 4.93. The van der Waals surface area contributed by atoms with Gasteiger partial charge >= 0.3 is 0 Å². The SMILES string of the molecule is c1nc2c3c4c(sc3nc(NCCN3CCOCC3)n2n1)CCC4. The average Bonchev–Trinajstić information content (AvgIpc) is 3.30. The molecular formula is C16H20N6OS. The summed E-state index contributed by atoms with van der Waals surface area (Å²) in [4.78, 5) is 14.3. The van der Waals surface area contributed by atoms with Crippen molar-refractivity contribution < 1.29 is 4.74 Å². The molecule has 5 rings (SSSR count). The lowest BCUT2D eigenvalue weighted by atomic mass is 10.2. The smallest absolute Gasteiger partial charge is 0.227 e. The molecule has 0 unspecified atom stereocenters. The fourth-order valence-electron chi connectivity index (χ4n) is 3.67. The van der Waals surface area contributed by atoms with Crippen molar-refractivity contribution in [2.45, 2.75) is 19.3 Å². The number of ether oxygens (including phenoxy) is 1. The van der Waals surface area contributed by atoms with Crippen molar-refractivity contribution in [3.63, 3.8) is 0 Å². The largest absolute Gasteiger partial charge is 0.379 e. The molecule has 1 aliphatic heterocycles. The van der Waals surface area contributed by atoms with E-state index < -0.39 is 0 Å². The maximum absolute atomic E-state index is 5.39. The van der Waals surface area contributed by atoms with E-state index in [1.807, 2.05) is 15.9 Å². The number of rotatable bonds is 4. The molecule has 1 saturated heterocycles. The molecular weight excluding hydrogens is 324 g/mol. The molecule has 3 aromatic heterocycles. The topological polar surface area (TPSA) is 67.6 Å². The molecule has 0 bridgehead atoms. The number of nitrogens with zero attached hydrogens (tertiary/aromatic N) is 5. The van der Waals surface area contributed by atoms with Crippen molar-refractivity contribution in [1.82, 2.24) is 24.5 Å². The lowest BCUT2D eigenvalue weighted by Gasteiger charge is -2.26. The molecule has 0 spiro atoms. The number of morpholine rings is 1. The molecule has 0 amide bonds. The van der Waals surface area contributed by atoms with Gasteiger partial charge in [0.25, 0.3) is 0 Å². The minimum atomic E-state index is 0.795. The summed E-state index contributed by atoms with van der Waals surface area (Å²) >= 11 is 1.82. The molecule has 0 aromatic carbocycles. The summed E-state index contributed by atoms with van der Waals surface area (Å²) in [6, 6.07) is 0. The van der Waals surface area contributed by atoms with Crippen LogP contribution in [0.2, 0.25) is 0 Å². The Bertz CT molecular complexity index is 882. The summed E-state index contributed by atoms with van der Waals surface area (Å²) < 4.78 is 7.25. The fraction of sp³-hybridized carbons (Fsp3) is 0.562. The van der Waals surface area contributed by atoms with Crippen molar-refractivity contribution in [2.75, 3.05) is 44.7 Å². The van der Waals surface area contributed by atoms with Gasteiger partial charge in [0, 0.05) is 31.1 Å². The Morgan fingerprint density at radius 2 is 2.17 bits per heavy atom. The van der Waals surface area contributed by atoms with E-state index in [1.54, 1.807) is 6.33 Å². The summed E-state index contributed by atoms with van der Waals surface area (Å²) in [5.74, 6) is 0.795. The summed E-state index contributed by atoms with van der Waals surface area (Å²) in [5.41, 5.74) is 2.38. The molecule has 0 saturated carbocycles. The van der Waals surface area contributed by atoms with Gasteiger partial charge in [-0.1, -0.05) is 0 Å². The van der Waals surface area contributed by atoms with Crippen LogP contribution >= 0.6 is 11.3 Å². The Kier molecular flexibility index (Phi) is 3.61. The molecule has 1 aliphatic carbocycles. The van der Waals surface area contributed by atoms with Gasteiger partial charge in [0.2, 0.25) is 5.95 Å². The summed E-state index contributed by atoms with van der Waals surface area (Å²) in [7, 11) is 0. The van der Waals surface area contributed by atoms with Gasteiger partial charge in [-0.2, -0.15) is 9.61 Å². The first-order chi connectivity index (χ1) is 11.9. The highest BCUT2D eigenvalue weighted by molar-refractivity contribution is 7.19. The minimum Gasteiger partial charge on any atom is -0.379 e. The number of thiophene rings is 1. The van der Waals surface area contributed by atoms with E-state index in [1.165, 1.54) is 28.7 Å². The molecule has 126 valence electrons. The average molecular weight is 344 g/mol. The van der Waals surface area contributed by atoms with Gasteiger partial charge < -0.3 is 10.1 Å². The van der Waals surface area contributed by atoms with E-state index in [4.69, 9.17) is 9.72 Å². The quantitative estimate of drug-likeness (QED) is 0.775. The van der Waals surface area contributed by atoms with Gasteiger partial charge in [-0.05, 0) is 24.8 Å². The predicted octanol–water partition coefficient (Wildman–Crippen LogP) is 1.57. The number of aromatic nitrogens is 4. The molecule has 1 fully saturated rings. The van der Waals surface area contributed by atoms with E-state index in [0.29, 0.717) is 0 Å². The summed E-state index contributed by atoms with van der Waals surface area (Å²) in [5, 5.41) is 9.05. The van der Waals surface area contributed by atoms with Crippen LogP contribution in [0.4, 0.5) is 5.95 Å². The lowest BCUT2D eigenvalue weighted by Crippen LogP contribution is -2.39. The second-order valence-corrected chi connectivity index (χ2v) is 7.43. The second kappa shape index (κ2) is 5.94. The van der Waals surface area contributed by atoms with Crippen molar-refractivity contribution in [3.8, 4) is 0 Å². The van der Waals surface area contributed by atoms with Crippen LogP contribution in [0.5, 0.6) is 0 Å². The van der Waals surface area contributed by atoms with Crippen LogP contribution in [0.15, 0.2) is 6.33 Å². The Morgan fingerprint density at radius 1 is 1.25 bits per heavy atom. The molecule has 0 atom stereocenters. The molecule has 1 N–H and O–H groups in total. The molecule has 3 aromatic rings. The van der Waals surface area contributed by atoms with Crippen LogP contribution < -0.4 is 5.32 Å². The third-order valence-electron chi connectivity index (χ3n) is 4.90. The van der Waals surface area contributed by atoms with Crippen LogP contribution in [0.3, 0.4) is 0 Å². The first-order valence-corrected chi connectivity index (χ1v) is 9.40. The van der Waals surface area contributed by atoms with Crippen LogP contribution in [-0.4, -0.2) is 63.9 Å². The monoisotopic (exact) mass is 344 g/mol. The van der Waals surface area contributed by atoms with Crippen molar-refractivity contribution >= 4 is 33.1 Å². The van der Waals surface area contributed by atoms with E-state index in [-0.39, 0.29) is 0 Å². The summed E-state index contributed by atoms with van der Waals surface area (Å²) in [6.45, 7) is 5.50. The number of fused-ring (bicyclic) bond motifs is 5. The first-order valence-electron chi connectivity index (χ1n) is 8.58. The number of anilines is 1. The maximum atomic E-state index is 5.39. The van der Waals surface area contributed by atoms with Crippen LogP contribution in [0.25, 0.3) is 15.9 Å². The second-order valence-electron chi connectivity index (χ2n) is 6.35. The van der Waals surface area contributed by atoms with Gasteiger partial charge in [-0.15, -0.1) is 11.3 Å². The van der Waals surface area contributed by atoms with Gasteiger partial charge in [-0.25, -0.2) is 9.97 Å². The van der Waals surface area contributed by atoms with Gasteiger partial charge in [-0.3, -0.25) is 4.90 Å². The highest BCUT2D eigenvalue weighted by Crippen LogP contribution is 2.38. The Labute approximate surface area is 143 Å². The highest BCUT2D eigenvalue weighted by Gasteiger charge is 2.22. The van der Waals surface area contributed by atoms with E-state index in [0.717, 1.165) is 62.2 Å². The third kappa shape index (κ3) is 2.37. The van der Waals surface area contributed by atoms with E-state index >= 15 is 0 Å². The highest BCUT2D eigenvalue weighted by atomic mass is 32.1. The molecule has 7 nitrogen and oxygen atoms in total. The standard InChI is InChI=1S/C16H20N6OS/c1-2-11-12(3-1)24-15-13(11)14-18-10-19-22(14)16(20-15)17-4-5-21-6-8-23-9-7-21/h10H,1-9H2,(H,17,20). The molecule has 4 heterocycles. The molecule has 8 heteroatoms. The van der Waals surface area contributed by atoms with Crippen LogP contribution in [-0.2, 0) is 17.6 Å². The summed E-state index contributed by atoms with van der Waals surface area (Å²) in [6.07, 6.45) is 5.19. The number of hydrogen-bond acceptors (Lipinski definition) is 7. The van der Waals surface area contributed by atoms with Gasteiger partial charge in [0.1, 0.15) is 11.2 Å². The number of aryl methyl sites for hydroxylation is 2. The normalized spacial score (nSPS) is 18.5. The Balaban J connectivity index is 1.43. The zero-order valence-corrected chi connectivity index (χ0v) is 14.3. The van der Waals surface area contributed by atoms with Crippen LogP contribution in [0, 0.1) is 0 Å². The Hall–Kier alpha value is -1.77. The number of hydrogen-bond donors (Lipinski definition) is 1. The first kappa shape index (κ1) is 14.6. The molecule has 0 radical (unpaired) electrons. The molecule has 2 aliphatic rings. The zero-order chi connectivity index (χ0) is 15.9. The minimum absolute atomic E-state index is 0.795. The van der Waals surface area contributed by atoms with E-state index in [9.17, 15) is 0 Å². The van der Waals surface area contributed by atoms with Crippen molar-refractivity contribution in [2.24, 2.45) is 0 Å². The maximum Gasteiger partial charge on any atom is 0.227 e. The van der Waals surface area contributed by atoms with Gasteiger partial charge in [0.05, 0.1) is 18.6 Å². The van der Waals surface area contributed by atoms with Crippen LogP contribution in [0.1, 0.15) is 16.9 Å². The van der Waals surface area contributed by atoms with Gasteiger partial charge in [0.15, 0.2) is 5.65 Å².